The van der Waals surface area contributed by atoms with E-state index in [1.165, 1.54) is 0 Å². The number of carbonyl (C=O) groups excluding carboxylic acids is 2. The molecule has 0 heterocycles. The topological polar surface area (TPSA) is 80.3 Å². The van der Waals surface area contributed by atoms with Crippen molar-refractivity contribution in [3.05, 3.63) is 12.7 Å². The molecule has 0 bridgehead atoms. The number of carbonyl (C=O) groups is 2. The molecular formula is C15H28O7Si. The summed E-state index contributed by atoms with van der Waals surface area (Å²) in [4.78, 5) is 23.0. The van der Waals surface area contributed by atoms with Gasteiger partial charge in [-0.25, -0.2) is 4.79 Å². The Labute approximate surface area is 139 Å². The molecule has 0 fully saturated rings. The second kappa shape index (κ2) is 10.5. The first-order valence-electron chi connectivity index (χ1n) is 7.38. The van der Waals surface area contributed by atoms with Crippen molar-refractivity contribution in [1.29, 1.82) is 0 Å². The average Bonchev–Trinajstić information content (AvgIpc) is 2.55. The van der Waals surface area contributed by atoms with Crippen LogP contribution in [0.1, 0.15) is 26.7 Å². The van der Waals surface area contributed by atoms with Crippen LogP contribution >= 0.6 is 0 Å². The smallest absolute Gasteiger partial charge is 0.465 e. The Balaban J connectivity index is 4.17. The monoisotopic (exact) mass is 348 g/mol. The molecule has 0 rings (SSSR count). The van der Waals surface area contributed by atoms with Gasteiger partial charge in [-0.05, 0) is 26.7 Å². The molecule has 0 amide bonds. The summed E-state index contributed by atoms with van der Waals surface area (Å²) in [7, 11) is 1.99. The minimum atomic E-state index is -2.63. The van der Waals surface area contributed by atoms with E-state index in [-0.39, 0.29) is 19.2 Å². The minimum absolute atomic E-state index is 0.139. The molecule has 0 saturated heterocycles. The Morgan fingerprint density at radius 3 is 2.09 bits per heavy atom. The van der Waals surface area contributed by atoms with E-state index >= 15 is 0 Å². The van der Waals surface area contributed by atoms with E-state index in [1.807, 2.05) is 0 Å². The van der Waals surface area contributed by atoms with Crippen molar-refractivity contribution >= 4 is 20.7 Å². The third kappa shape index (κ3) is 7.73. The van der Waals surface area contributed by atoms with E-state index in [9.17, 15) is 9.59 Å². The quantitative estimate of drug-likeness (QED) is 0.231. The molecule has 0 spiro atoms. The maximum atomic E-state index is 12.1. The number of hydrogen-bond acceptors (Lipinski definition) is 7. The zero-order valence-corrected chi connectivity index (χ0v) is 15.7. The van der Waals surface area contributed by atoms with Gasteiger partial charge in [0.1, 0.15) is 0 Å². The molecular weight excluding hydrogens is 320 g/mol. The summed E-state index contributed by atoms with van der Waals surface area (Å²) in [6.45, 7) is 7.19. The molecule has 0 N–H and O–H groups in total. The molecule has 134 valence electrons. The molecule has 0 aromatic carbocycles. The van der Waals surface area contributed by atoms with Crippen LogP contribution in [-0.4, -0.2) is 55.3 Å². The highest BCUT2D eigenvalue weighted by atomic mass is 28.4. The van der Waals surface area contributed by atoms with Crippen LogP contribution in [0.5, 0.6) is 0 Å². The van der Waals surface area contributed by atoms with Crippen molar-refractivity contribution < 1.29 is 32.3 Å². The molecule has 8 heteroatoms. The summed E-state index contributed by atoms with van der Waals surface area (Å²) in [5.41, 5.74) is -0.736. The van der Waals surface area contributed by atoms with Crippen molar-refractivity contribution in [3.8, 4) is 0 Å². The van der Waals surface area contributed by atoms with Gasteiger partial charge in [0.25, 0.3) is 0 Å². The molecule has 7 nitrogen and oxygen atoms in total. The fraction of sp³-hybridized carbons (Fsp3) is 0.733. The van der Waals surface area contributed by atoms with Gasteiger partial charge < -0.3 is 22.8 Å². The van der Waals surface area contributed by atoms with Crippen molar-refractivity contribution in [2.75, 3.05) is 34.5 Å². The highest BCUT2D eigenvalue weighted by molar-refractivity contribution is 6.60. The van der Waals surface area contributed by atoms with E-state index < -0.39 is 20.2 Å². The van der Waals surface area contributed by atoms with E-state index in [4.69, 9.17) is 22.8 Å². The normalized spacial score (nSPS) is 11.9. The first kappa shape index (κ1) is 21.8. The highest BCUT2D eigenvalue weighted by Crippen LogP contribution is 2.23. The van der Waals surface area contributed by atoms with E-state index in [1.54, 1.807) is 35.2 Å². The van der Waals surface area contributed by atoms with Crippen molar-refractivity contribution in [2.45, 2.75) is 32.7 Å². The Hall–Kier alpha value is -1.22. The molecule has 0 saturated carbocycles. The SMILES string of the molecule is C=CC(=O)OCCC(C)(C)C(=O)OCCC[Si](OC)(OC)OC. The predicted octanol–water partition coefficient (Wildman–Crippen LogP) is 1.94. The Kier molecular flexibility index (Phi) is 9.97. The van der Waals surface area contributed by atoms with Crippen LogP contribution in [0.25, 0.3) is 0 Å². The lowest BCUT2D eigenvalue weighted by Crippen LogP contribution is -2.42. The van der Waals surface area contributed by atoms with Gasteiger partial charge in [-0.2, -0.15) is 0 Å². The van der Waals surface area contributed by atoms with Crippen molar-refractivity contribution in [3.63, 3.8) is 0 Å². The molecule has 0 aromatic heterocycles. The second-order valence-electron chi connectivity index (χ2n) is 5.54. The van der Waals surface area contributed by atoms with Crippen LogP contribution in [0.3, 0.4) is 0 Å². The summed E-state index contributed by atoms with van der Waals surface area (Å²) in [5, 5.41) is 0. The van der Waals surface area contributed by atoms with Gasteiger partial charge >= 0.3 is 20.7 Å². The van der Waals surface area contributed by atoms with E-state index in [2.05, 4.69) is 6.58 Å². The van der Waals surface area contributed by atoms with E-state index in [0.717, 1.165) is 6.08 Å². The van der Waals surface area contributed by atoms with Crippen molar-refractivity contribution in [2.24, 2.45) is 5.41 Å². The lowest BCUT2D eigenvalue weighted by Gasteiger charge is -2.25. The zero-order chi connectivity index (χ0) is 17.9. The Morgan fingerprint density at radius 1 is 1.04 bits per heavy atom. The summed E-state index contributed by atoms with van der Waals surface area (Å²) in [6, 6.07) is 0.557. The van der Waals surface area contributed by atoms with Crippen molar-refractivity contribution in [1.82, 2.24) is 0 Å². The molecule has 0 aliphatic carbocycles. The standard InChI is InChI=1S/C15H28O7Si/c1-7-13(16)21-11-9-15(2,3)14(17)22-10-8-12-23(18-4,19-5)20-6/h7H,1,8-12H2,2-6H3. The van der Waals surface area contributed by atoms with Gasteiger partial charge in [0, 0.05) is 33.4 Å². The summed E-state index contributed by atoms with van der Waals surface area (Å²) in [6.07, 6.45) is 2.04. The van der Waals surface area contributed by atoms with Crippen LogP contribution in [0.4, 0.5) is 0 Å². The zero-order valence-electron chi connectivity index (χ0n) is 14.7. The maximum absolute atomic E-state index is 12.1. The number of hydrogen-bond donors (Lipinski definition) is 0. The van der Waals surface area contributed by atoms with Gasteiger partial charge in [-0.1, -0.05) is 6.58 Å². The Bertz CT molecular complexity index is 383. The molecule has 0 atom stereocenters. The number of rotatable bonds is 12. The van der Waals surface area contributed by atoms with Gasteiger partial charge in [-0.15, -0.1) is 0 Å². The molecule has 0 aliphatic rings. The molecule has 0 unspecified atom stereocenters. The first-order chi connectivity index (χ1) is 10.8. The van der Waals surface area contributed by atoms with Crippen LogP contribution in [0, 0.1) is 5.41 Å². The fourth-order valence-electron chi connectivity index (χ4n) is 1.77. The van der Waals surface area contributed by atoms with Gasteiger partial charge in [0.05, 0.1) is 18.6 Å². The predicted molar refractivity (Wildman–Crippen MR) is 86.7 cm³/mol. The van der Waals surface area contributed by atoms with Crippen LogP contribution in [0.2, 0.25) is 6.04 Å². The molecule has 23 heavy (non-hydrogen) atoms. The number of ether oxygens (including phenoxy) is 2. The van der Waals surface area contributed by atoms with Crippen LogP contribution in [0.15, 0.2) is 12.7 Å². The van der Waals surface area contributed by atoms with Gasteiger partial charge in [0.2, 0.25) is 0 Å². The summed E-state index contributed by atoms with van der Waals surface area (Å²) < 4.78 is 26.0. The molecule has 0 radical (unpaired) electrons. The third-order valence-electron chi connectivity index (χ3n) is 3.48. The Morgan fingerprint density at radius 2 is 1.61 bits per heavy atom. The maximum Gasteiger partial charge on any atom is 0.500 e. The lowest BCUT2D eigenvalue weighted by molar-refractivity contribution is -0.156. The molecule has 0 aliphatic heterocycles. The van der Waals surface area contributed by atoms with Crippen LogP contribution < -0.4 is 0 Å². The first-order valence-corrected chi connectivity index (χ1v) is 9.32. The molecule has 0 aromatic rings. The van der Waals surface area contributed by atoms with Gasteiger partial charge in [0.15, 0.2) is 0 Å². The average molecular weight is 348 g/mol. The van der Waals surface area contributed by atoms with Gasteiger partial charge in [-0.3, -0.25) is 4.79 Å². The third-order valence-corrected chi connectivity index (χ3v) is 6.32. The lowest BCUT2D eigenvalue weighted by atomic mass is 9.90. The van der Waals surface area contributed by atoms with Crippen LogP contribution in [-0.2, 0) is 32.3 Å². The summed E-state index contributed by atoms with van der Waals surface area (Å²) >= 11 is 0. The highest BCUT2D eigenvalue weighted by Gasteiger charge is 2.37. The van der Waals surface area contributed by atoms with E-state index in [0.29, 0.717) is 18.9 Å². The minimum Gasteiger partial charge on any atom is -0.465 e. The largest absolute Gasteiger partial charge is 0.500 e. The summed E-state index contributed by atoms with van der Waals surface area (Å²) in [5.74, 6) is -0.846. The number of esters is 2. The second-order valence-corrected chi connectivity index (χ2v) is 8.63. The fourth-order valence-corrected chi connectivity index (χ4v) is 3.46.